The van der Waals surface area contributed by atoms with Crippen molar-refractivity contribution < 1.29 is 8.78 Å². The number of hydrogen-bond donors (Lipinski definition) is 1. The fourth-order valence-electron chi connectivity index (χ4n) is 2.59. The zero-order valence-electron chi connectivity index (χ0n) is 10.3. The molecule has 0 aromatic heterocycles. The van der Waals surface area contributed by atoms with Crippen LogP contribution in [0, 0.1) is 11.6 Å². The van der Waals surface area contributed by atoms with Gasteiger partial charge in [0.15, 0.2) is 11.6 Å². The molecule has 1 saturated heterocycles. The normalized spacial score (nSPS) is 24.7. The maximum atomic E-state index is 13.1. The van der Waals surface area contributed by atoms with Crippen LogP contribution in [0.2, 0.25) is 0 Å². The minimum Gasteiger partial charge on any atom is -0.310 e. The van der Waals surface area contributed by atoms with Crippen molar-refractivity contribution in [2.75, 3.05) is 13.1 Å². The van der Waals surface area contributed by atoms with Gasteiger partial charge in [0.2, 0.25) is 0 Å². The summed E-state index contributed by atoms with van der Waals surface area (Å²) in [6, 6.07) is 5.48. The van der Waals surface area contributed by atoms with Crippen LogP contribution >= 0.6 is 0 Å². The fraction of sp³-hybridized carbons (Fsp3) is 0.571. The van der Waals surface area contributed by atoms with E-state index in [1.165, 1.54) is 25.0 Å². The topological polar surface area (TPSA) is 15.3 Å². The molecule has 1 atom stereocenters. The SMILES string of the molecule is Fc1ccc(CN2CCC(NC3CC3)C2)cc1F. The first-order valence-electron chi connectivity index (χ1n) is 6.63. The number of rotatable bonds is 4. The van der Waals surface area contributed by atoms with Gasteiger partial charge in [-0.25, -0.2) is 8.78 Å². The molecule has 0 amide bonds. The van der Waals surface area contributed by atoms with E-state index in [-0.39, 0.29) is 0 Å². The van der Waals surface area contributed by atoms with E-state index < -0.39 is 11.6 Å². The highest BCUT2D eigenvalue weighted by Gasteiger charge is 2.29. The summed E-state index contributed by atoms with van der Waals surface area (Å²) in [6.07, 6.45) is 3.76. The summed E-state index contributed by atoms with van der Waals surface area (Å²) in [5.74, 6) is -1.52. The molecule has 2 nitrogen and oxygen atoms in total. The van der Waals surface area contributed by atoms with E-state index in [1.807, 2.05) is 0 Å². The monoisotopic (exact) mass is 252 g/mol. The Morgan fingerprint density at radius 1 is 1.11 bits per heavy atom. The molecule has 2 aliphatic rings. The van der Waals surface area contributed by atoms with Crippen LogP contribution in [0.1, 0.15) is 24.8 Å². The van der Waals surface area contributed by atoms with E-state index in [1.54, 1.807) is 6.07 Å². The Morgan fingerprint density at radius 2 is 1.94 bits per heavy atom. The zero-order valence-corrected chi connectivity index (χ0v) is 10.3. The van der Waals surface area contributed by atoms with Gasteiger partial charge in [0, 0.05) is 31.7 Å². The first-order chi connectivity index (χ1) is 8.70. The Balaban J connectivity index is 1.54. The summed E-state index contributed by atoms with van der Waals surface area (Å²) in [4.78, 5) is 2.30. The highest BCUT2D eigenvalue weighted by molar-refractivity contribution is 5.17. The molecule has 1 aliphatic heterocycles. The maximum absolute atomic E-state index is 13.1. The summed E-state index contributed by atoms with van der Waals surface area (Å²) < 4.78 is 25.9. The first-order valence-corrected chi connectivity index (χ1v) is 6.63. The molecule has 18 heavy (non-hydrogen) atoms. The molecule has 1 aliphatic carbocycles. The van der Waals surface area contributed by atoms with Crippen molar-refractivity contribution in [3.8, 4) is 0 Å². The molecule has 98 valence electrons. The van der Waals surface area contributed by atoms with Crippen molar-refractivity contribution in [2.45, 2.75) is 37.9 Å². The van der Waals surface area contributed by atoms with Gasteiger partial charge in [-0.3, -0.25) is 4.90 Å². The van der Waals surface area contributed by atoms with Crippen LogP contribution in [0.3, 0.4) is 0 Å². The second-order valence-corrected chi connectivity index (χ2v) is 5.41. The second kappa shape index (κ2) is 4.94. The lowest BCUT2D eigenvalue weighted by molar-refractivity contribution is 0.319. The van der Waals surface area contributed by atoms with E-state index in [0.29, 0.717) is 12.6 Å². The molecule has 2 fully saturated rings. The third-order valence-corrected chi connectivity index (χ3v) is 3.71. The van der Waals surface area contributed by atoms with Gasteiger partial charge in [0.25, 0.3) is 0 Å². The molecule has 1 saturated carbocycles. The average molecular weight is 252 g/mol. The molecule has 0 bridgehead atoms. The molecule has 4 heteroatoms. The van der Waals surface area contributed by atoms with Gasteiger partial charge in [-0.15, -0.1) is 0 Å². The van der Waals surface area contributed by atoms with Gasteiger partial charge in [-0.1, -0.05) is 6.07 Å². The third-order valence-electron chi connectivity index (χ3n) is 3.71. The smallest absolute Gasteiger partial charge is 0.159 e. The van der Waals surface area contributed by atoms with Crippen LogP contribution < -0.4 is 5.32 Å². The maximum Gasteiger partial charge on any atom is 0.159 e. The fourth-order valence-corrected chi connectivity index (χ4v) is 2.59. The summed E-state index contributed by atoms with van der Waals surface area (Å²) in [5, 5.41) is 3.61. The minimum absolute atomic E-state index is 0.572. The van der Waals surface area contributed by atoms with Crippen molar-refractivity contribution in [2.24, 2.45) is 0 Å². The van der Waals surface area contributed by atoms with Crippen LogP contribution in [-0.2, 0) is 6.54 Å². The highest BCUT2D eigenvalue weighted by Crippen LogP contribution is 2.22. The Bertz CT molecular complexity index is 432. The third kappa shape index (κ3) is 2.87. The second-order valence-electron chi connectivity index (χ2n) is 5.41. The molecule has 3 rings (SSSR count). The van der Waals surface area contributed by atoms with Gasteiger partial charge in [0.05, 0.1) is 0 Å². The summed E-state index contributed by atoms with van der Waals surface area (Å²) in [6.45, 7) is 2.75. The van der Waals surface area contributed by atoms with Crippen molar-refractivity contribution in [1.29, 1.82) is 0 Å². The molecule has 1 aromatic rings. The van der Waals surface area contributed by atoms with Crippen molar-refractivity contribution in [3.05, 3.63) is 35.4 Å². The van der Waals surface area contributed by atoms with Crippen LogP contribution in [0.5, 0.6) is 0 Å². The van der Waals surface area contributed by atoms with Gasteiger partial charge in [0.1, 0.15) is 0 Å². The van der Waals surface area contributed by atoms with Gasteiger partial charge >= 0.3 is 0 Å². The molecule has 1 unspecified atom stereocenters. The van der Waals surface area contributed by atoms with Crippen LogP contribution in [0.15, 0.2) is 18.2 Å². The number of nitrogens with zero attached hydrogens (tertiary/aromatic N) is 1. The van der Waals surface area contributed by atoms with E-state index >= 15 is 0 Å². The van der Waals surface area contributed by atoms with Gasteiger partial charge in [-0.05, 0) is 37.0 Å². The molecule has 0 radical (unpaired) electrons. The molecule has 1 aromatic carbocycles. The molecule has 1 N–H and O–H groups in total. The lowest BCUT2D eigenvalue weighted by Gasteiger charge is -2.16. The number of nitrogens with one attached hydrogen (secondary N) is 1. The van der Waals surface area contributed by atoms with E-state index in [9.17, 15) is 8.78 Å². The predicted octanol–water partition coefficient (Wildman–Crippen LogP) is 2.29. The van der Waals surface area contributed by atoms with Crippen LogP contribution in [0.25, 0.3) is 0 Å². The summed E-state index contributed by atoms with van der Waals surface area (Å²) in [7, 11) is 0. The summed E-state index contributed by atoms with van der Waals surface area (Å²) in [5.41, 5.74) is 0.848. The van der Waals surface area contributed by atoms with E-state index in [4.69, 9.17) is 0 Å². The van der Waals surface area contributed by atoms with Gasteiger partial charge in [-0.2, -0.15) is 0 Å². The van der Waals surface area contributed by atoms with Crippen molar-refractivity contribution >= 4 is 0 Å². The number of benzene rings is 1. The minimum atomic E-state index is -0.770. The number of likely N-dealkylation sites (tertiary alicyclic amines) is 1. The molecular formula is C14H18F2N2. The Hall–Kier alpha value is -1.00. The number of halogens is 2. The molecule has 0 spiro atoms. The van der Waals surface area contributed by atoms with E-state index in [2.05, 4.69) is 10.2 Å². The lowest BCUT2D eigenvalue weighted by Crippen LogP contribution is -2.33. The quantitative estimate of drug-likeness (QED) is 0.884. The first kappa shape index (κ1) is 12.1. The molecular weight excluding hydrogens is 234 g/mol. The zero-order chi connectivity index (χ0) is 12.5. The Morgan fingerprint density at radius 3 is 2.67 bits per heavy atom. The predicted molar refractivity (Wildman–Crippen MR) is 66.2 cm³/mol. The van der Waals surface area contributed by atoms with Gasteiger partial charge < -0.3 is 5.32 Å². The largest absolute Gasteiger partial charge is 0.310 e. The van der Waals surface area contributed by atoms with Crippen LogP contribution in [-0.4, -0.2) is 30.1 Å². The molecule has 1 heterocycles. The highest BCUT2D eigenvalue weighted by atomic mass is 19.2. The van der Waals surface area contributed by atoms with Crippen molar-refractivity contribution in [3.63, 3.8) is 0 Å². The lowest BCUT2D eigenvalue weighted by atomic mass is 10.2. The Kier molecular flexibility index (Phi) is 3.31. The standard InChI is InChI=1S/C14H18F2N2/c15-13-4-1-10(7-14(13)16)8-18-6-5-12(9-18)17-11-2-3-11/h1,4,7,11-12,17H,2-3,5-6,8-9H2. The van der Waals surface area contributed by atoms with E-state index in [0.717, 1.165) is 31.1 Å². The average Bonchev–Trinajstić information content (AvgIpc) is 3.04. The number of hydrogen-bond acceptors (Lipinski definition) is 2. The summed E-state index contributed by atoms with van der Waals surface area (Å²) >= 11 is 0. The Labute approximate surface area is 106 Å². The van der Waals surface area contributed by atoms with Crippen molar-refractivity contribution in [1.82, 2.24) is 10.2 Å². The van der Waals surface area contributed by atoms with Crippen LogP contribution in [0.4, 0.5) is 8.78 Å².